The third-order valence-corrected chi connectivity index (χ3v) is 6.07. The Balaban J connectivity index is 1.40. The van der Waals surface area contributed by atoms with Crippen LogP contribution < -0.4 is 15.5 Å². The molecule has 176 valence electrons. The molecule has 7 nitrogen and oxygen atoms in total. The lowest BCUT2D eigenvalue weighted by atomic mass is 10.0. The van der Waals surface area contributed by atoms with E-state index in [1.165, 1.54) is 11.1 Å². The van der Waals surface area contributed by atoms with Crippen molar-refractivity contribution in [3.8, 4) is 0 Å². The number of anilines is 2. The van der Waals surface area contributed by atoms with Gasteiger partial charge in [0.25, 0.3) is 0 Å². The number of benzene rings is 2. The second-order valence-corrected chi connectivity index (χ2v) is 8.66. The zero-order valence-electron chi connectivity index (χ0n) is 19.7. The minimum Gasteiger partial charge on any atom is -0.346 e. The first-order valence-corrected chi connectivity index (χ1v) is 11.6. The van der Waals surface area contributed by atoms with Crippen molar-refractivity contribution in [1.82, 2.24) is 15.2 Å². The van der Waals surface area contributed by atoms with Crippen LogP contribution >= 0.6 is 0 Å². The van der Waals surface area contributed by atoms with Gasteiger partial charge >= 0.3 is 0 Å². The molecular weight excluding hydrogens is 426 g/mol. The zero-order valence-corrected chi connectivity index (χ0v) is 19.7. The van der Waals surface area contributed by atoms with Gasteiger partial charge in [0, 0.05) is 26.7 Å². The fourth-order valence-corrected chi connectivity index (χ4v) is 3.94. The average Bonchev–Trinajstić information content (AvgIpc) is 2.85. The lowest BCUT2D eigenvalue weighted by Gasteiger charge is -2.32. The SMILES string of the molecule is Cc1ccc(CCN[C@@H](C(=O)Nc2ccc(N3CCN(C)C(=O)C3)nc2)c2ccccc2)cc1. The summed E-state index contributed by atoms with van der Waals surface area (Å²) in [6.45, 7) is 4.47. The molecule has 0 aliphatic carbocycles. The van der Waals surface area contributed by atoms with Gasteiger partial charge in [-0.15, -0.1) is 0 Å². The standard InChI is InChI=1S/C27H31N5O2/c1-20-8-10-21(11-9-20)14-15-28-26(22-6-4-3-5-7-22)27(34)30-23-12-13-24(29-18-23)32-17-16-31(2)25(33)19-32/h3-13,18,26,28H,14-17,19H2,1-2H3,(H,30,34)/t26-/m1/s1. The summed E-state index contributed by atoms with van der Waals surface area (Å²) in [5.74, 6) is 0.669. The Morgan fingerprint density at radius 3 is 2.47 bits per heavy atom. The van der Waals surface area contributed by atoms with Crippen LogP contribution in [0.25, 0.3) is 0 Å². The highest BCUT2D eigenvalue weighted by molar-refractivity contribution is 5.95. The molecule has 0 spiro atoms. The number of aromatic nitrogens is 1. The fourth-order valence-electron chi connectivity index (χ4n) is 3.94. The predicted octanol–water partition coefficient (Wildman–Crippen LogP) is 3.18. The number of nitrogens with one attached hydrogen (secondary N) is 2. The van der Waals surface area contributed by atoms with E-state index in [1.54, 1.807) is 11.1 Å². The number of carbonyl (C=O) groups is 2. The van der Waals surface area contributed by atoms with Crippen LogP contribution in [0.5, 0.6) is 0 Å². The number of pyridine rings is 1. The van der Waals surface area contributed by atoms with Gasteiger partial charge in [0.05, 0.1) is 18.4 Å². The molecule has 2 N–H and O–H groups in total. The van der Waals surface area contributed by atoms with Crippen LogP contribution in [-0.4, -0.2) is 54.9 Å². The van der Waals surface area contributed by atoms with Gasteiger partial charge in [0.2, 0.25) is 11.8 Å². The highest BCUT2D eigenvalue weighted by Crippen LogP contribution is 2.19. The minimum atomic E-state index is -0.485. The summed E-state index contributed by atoms with van der Waals surface area (Å²) in [5, 5.41) is 6.39. The van der Waals surface area contributed by atoms with E-state index >= 15 is 0 Å². The maximum atomic E-state index is 13.2. The van der Waals surface area contributed by atoms with E-state index in [0.29, 0.717) is 25.3 Å². The summed E-state index contributed by atoms with van der Waals surface area (Å²) < 4.78 is 0. The molecule has 0 bridgehead atoms. The minimum absolute atomic E-state index is 0.0767. The van der Waals surface area contributed by atoms with E-state index in [9.17, 15) is 9.59 Å². The molecule has 7 heteroatoms. The normalized spacial score (nSPS) is 14.7. The van der Waals surface area contributed by atoms with Crippen molar-refractivity contribution in [2.45, 2.75) is 19.4 Å². The summed E-state index contributed by atoms with van der Waals surface area (Å²) in [5.41, 5.74) is 3.99. The molecule has 0 radical (unpaired) electrons. The summed E-state index contributed by atoms with van der Waals surface area (Å²) in [6.07, 6.45) is 2.47. The second kappa shape index (κ2) is 10.9. The van der Waals surface area contributed by atoms with Crippen LogP contribution in [-0.2, 0) is 16.0 Å². The lowest BCUT2D eigenvalue weighted by Crippen LogP contribution is -2.48. The second-order valence-electron chi connectivity index (χ2n) is 8.66. The summed E-state index contributed by atoms with van der Waals surface area (Å²) in [7, 11) is 1.81. The quantitative estimate of drug-likeness (QED) is 0.543. The van der Waals surface area contributed by atoms with E-state index in [4.69, 9.17) is 0 Å². The molecule has 1 aromatic heterocycles. The maximum absolute atomic E-state index is 13.2. The summed E-state index contributed by atoms with van der Waals surface area (Å²) in [6, 6.07) is 21.4. The third-order valence-electron chi connectivity index (χ3n) is 6.07. The van der Waals surface area contributed by atoms with Crippen molar-refractivity contribution in [3.63, 3.8) is 0 Å². The van der Waals surface area contributed by atoms with Gasteiger partial charge in [0.1, 0.15) is 11.9 Å². The summed E-state index contributed by atoms with van der Waals surface area (Å²) >= 11 is 0. The van der Waals surface area contributed by atoms with E-state index in [0.717, 1.165) is 24.3 Å². The Labute approximate surface area is 200 Å². The number of likely N-dealkylation sites (N-methyl/N-ethyl adjacent to an activating group) is 1. The Hall–Kier alpha value is -3.71. The van der Waals surface area contributed by atoms with Gasteiger partial charge in [-0.1, -0.05) is 60.2 Å². The molecule has 1 saturated heterocycles. The van der Waals surface area contributed by atoms with Crippen LogP contribution in [0.15, 0.2) is 72.9 Å². The van der Waals surface area contributed by atoms with Gasteiger partial charge in [-0.2, -0.15) is 0 Å². The highest BCUT2D eigenvalue weighted by atomic mass is 16.2. The van der Waals surface area contributed by atoms with Gasteiger partial charge in [-0.3, -0.25) is 9.59 Å². The van der Waals surface area contributed by atoms with Gasteiger partial charge < -0.3 is 20.4 Å². The lowest BCUT2D eigenvalue weighted by molar-refractivity contribution is -0.129. The van der Waals surface area contributed by atoms with Crippen LogP contribution in [0, 0.1) is 6.92 Å². The Bertz CT molecular complexity index is 1100. The van der Waals surface area contributed by atoms with Gasteiger partial charge in [-0.05, 0) is 36.6 Å². The molecule has 2 heterocycles. The molecule has 2 amide bonds. The number of hydrogen-bond acceptors (Lipinski definition) is 5. The number of aryl methyl sites for hydroxylation is 1. The Kier molecular flexibility index (Phi) is 7.54. The largest absolute Gasteiger partial charge is 0.346 e. The number of amides is 2. The molecule has 2 aromatic carbocycles. The van der Waals surface area contributed by atoms with Crippen LogP contribution in [0.1, 0.15) is 22.7 Å². The molecule has 1 aliphatic rings. The molecule has 3 aromatic rings. The average molecular weight is 458 g/mol. The molecule has 0 saturated carbocycles. The molecule has 1 atom stereocenters. The number of rotatable bonds is 8. The van der Waals surface area contributed by atoms with E-state index in [-0.39, 0.29) is 11.8 Å². The Morgan fingerprint density at radius 2 is 1.79 bits per heavy atom. The molecule has 1 aliphatic heterocycles. The van der Waals surface area contributed by atoms with E-state index < -0.39 is 6.04 Å². The van der Waals surface area contributed by atoms with Crippen molar-refractivity contribution in [2.24, 2.45) is 0 Å². The summed E-state index contributed by atoms with van der Waals surface area (Å²) in [4.78, 5) is 33.3. The van der Waals surface area contributed by atoms with Gasteiger partial charge in [0.15, 0.2) is 0 Å². The van der Waals surface area contributed by atoms with Crippen molar-refractivity contribution in [1.29, 1.82) is 0 Å². The first kappa shape index (κ1) is 23.4. The zero-order chi connectivity index (χ0) is 23.9. The van der Waals surface area contributed by atoms with Crippen molar-refractivity contribution >= 4 is 23.3 Å². The third kappa shape index (κ3) is 5.99. The molecule has 1 fully saturated rings. The first-order chi connectivity index (χ1) is 16.5. The molecular formula is C27H31N5O2. The van der Waals surface area contributed by atoms with E-state index in [2.05, 4.69) is 46.8 Å². The van der Waals surface area contributed by atoms with Crippen LogP contribution in [0.2, 0.25) is 0 Å². The predicted molar refractivity (Wildman–Crippen MR) is 135 cm³/mol. The van der Waals surface area contributed by atoms with Crippen LogP contribution in [0.4, 0.5) is 11.5 Å². The Morgan fingerprint density at radius 1 is 1.03 bits per heavy atom. The topological polar surface area (TPSA) is 77.6 Å². The highest BCUT2D eigenvalue weighted by Gasteiger charge is 2.23. The van der Waals surface area contributed by atoms with Crippen LogP contribution in [0.3, 0.4) is 0 Å². The molecule has 4 rings (SSSR count). The number of nitrogens with zero attached hydrogens (tertiary/aromatic N) is 3. The maximum Gasteiger partial charge on any atom is 0.246 e. The fraction of sp³-hybridized carbons (Fsp3) is 0.296. The number of piperazine rings is 1. The first-order valence-electron chi connectivity index (χ1n) is 11.6. The molecule has 0 unspecified atom stereocenters. The monoisotopic (exact) mass is 457 g/mol. The molecule has 34 heavy (non-hydrogen) atoms. The van der Waals surface area contributed by atoms with Gasteiger partial charge in [-0.25, -0.2) is 4.98 Å². The number of hydrogen-bond donors (Lipinski definition) is 2. The van der Waals surface area contributed by atoms with Crippen molar-refractivity contribution in [3.05, 3.63) is 89.6 Å². The number of carbonyl (C=O) groups excluding carboxylic acids is 2. The van der Waals surface area contributed by atoms with Crippen molar-refractivity contribution < 1.29 is 9.59 Å². The van der Waals surface area contributed by atoms with E-state index in [1.807, 2.05) is 54.4 Å². The smallest absolute Gasteiger partial charge is 0.246 e. The van der Waals surface area contributed by atoms with Crippen molar-refractivity contribution in [2.75, 3.05) is 43.4 Å².